The largest absolute Gasteiger partial charge is 0.480 e. The molecule has 1 N–H and O–H groups in total. The first-order valence-corrected chi connectivity index (χ1v) is 11.0. The third-order valence-corrected chi connectivity index (χ3v) is 6.42. The highest BCUT2D eigenvalue weighted by Gasteiger charge is 2.39. The Kier molecular flexibility index (Phi) is 6.05. The molecule has 1 aromatic carbocycles. The van der Waals surface area contributed by atoms with Gasteiger partial charge in [-0.1, -0.05) is 35.5 Å². The third kappa shape index (κ3) is 3.69. The standard InChI is InChI=1S/C25H27ClN6O2/c1-14-8-10-19(15(2)28-14)25(33,21-13-27-30-32(21)6)17-9-11-20-18(12-17)23(26)22(16(3)31(4)5)24(29-20)34-7/h8-13,33H,3H2,1-2,4-7H3. The number of pyridine rings is 2. The van der Waals surface area contributed by atoms with Gasteiger partial charge in [-0.25, -0.2) is 9.67 Å². The van der Waals surface area contributed by atoms with Crippen molar-refractivity contribution in [3.63, 3.8) is 0 Å². The number of methoxy groups -OCH3 is 1. The molecule has 0 saturated carbocycles. The molecule has 4 rings (SSSR count). The number of aliphatic hydroxyl groups is 1. The number of aryl methyl sites for hydroxylation is 3. The number of fused-ring (bicyclic) bond motifs is 1. The van der Waals surface area contributed by atoms with Crippen LogP contribution in [-0.2, 0) is 12.6 Å². The molecule has 3 heterocycles. The molecule has 0 aliphatic heterocycles. The Morgan fingerprint density at radius 2 is 1.91 bits per heavy atom. The fourth-order valence-electron chi connectivity index (χ4n) is 4.18. The quantitative estimate of drug-likeness (QED) is 0.450. The van der Waals surface area contributed by atoms with E-state index in [2.05, 4.69) is 26.9 Å². The van der Waals surface area contributed by atoms with Crippen molar-refractivity contribution < 1.29 is 9.84 Å². The summed E-state index contributed by atoms with van der Waals surface area (Å²) >= 11 is 6.91. The monoisotopic (exact) mass is 478 g/mol. The molecule has 0 saturated heterocycles. The summed E-state index contributed by atoms with van der Waals surface area (Å²) in [6.07, 6.45) is 1.55. The molecule has 8 nitrogen and oxygen atoms in total. The molecule has 1 unspecified atom stereocenters. The van der Waals surface area contributed by atoms with E-state index in [0.29, 0.717) is 55.6 Å². The molecule has 1 atom stereocenters. The zero-order valence-corrected chi connectivity index (χ0v) is 20.8. The minimum Gasteiger partial charge on any atom is -0.480 e. The Morgan fingerprint density at radius 1 is 1.18 bits per heavy atom. The molecule has 4 aromatic rings. The Morgan fingerprint density at radius 3 is 2.50 bits per heavy atom. The van der Waals surface area contributed by atoms with Gasteiger partial charge in [0.2, 0.25) is 5.88 Å². The summed E-state index contributed by atoms with van der Waals surface area (Å²) < 4.78 is 7.07. The highest BCUT2D eigenvalue weighted by atomic mass is 35.5. The van der Waals surface area contributed by atoms with Crippen LogP contribution >= 0.6 is 11.6 Å². The van der Waals surface area contributed by atoms with Crippen LogP contribution in [0, 0.1) is 13.8 Å². The summed E-state index contributed by atoms with van der Waals surface area (Å²) in [7, 11) is 7.04. The summed E-state index contributed by atoms with van der Waals surface area (Å²) in [4.78, 5) is 11.1. The molecule has 0 spiro atoms. The molecule has 0 aliphatic rings. The Hall–Kier alpha value is -3.49. The third-order valence-electron chi connectivity index (χ3n) is 6.03. The number of hydrogen-bond acceptors (Lipinski definition) is 7. The summed E-state index contributed by atoms with van der Waals surface area (Å²) in [5.74, 6) is 0.383. The van der Waals surface area contributed by atoms with Crippen molar-refractivity contribution in [2.75, 3.05) is 21.2 Å². The lowest BCUT2D eigenvalue weighted by Gasteiger charge is -2.30. The van der Waals surface area contributed by atoms with Gasteiger partial charge in [-0.15, -0.1) is 5.10 Å². The van der Waals surface area contributed by atoms with Crippen molar-refractivity contribution in [3.8, 4) is 5.88 Å². The lowest BCUT2D eigenvalue weighted by atomic mass is 9.82. The summed E-state index contributed by atoms with van der Waals surface area (Å²) in [5, 5.41) is 21.5. The minimum absolute atomic E-state index is 0.383. The Labute approximate surface area is 203 Å². The van der Waals surface area contributed by atoms with Crippen LogP contribution < -0.4 is 4.74 Å². The normalized spacial score (nSPS) is 13.1. The van der Waals surface area contributed by atoms with Crippen LogP contribution in [0.1, 0.15) is 33.8 Å². The fourth-order valence-corrected chi connectivity index (χ4v) is 4.52. The molecule has 9 heteroatoms. The van der Waals surface area contributed by atoms with Crippen LogP contribution in [0.15, 0.2) is 43.1 Å². The first kappa shape index (κ1) is 23.7. The maximum atomic E-state index is 12.3. The molecule has 3 aromatic heterocycles. The minimum atomic E-state index is -1.58. The maximum absolute atomic E-state index is 12.3. The zero-order chi connectivity index (χ0) is 24.8. The average molecular weight is 479 g/mol. The molecule has 0 bridgehead atoms. The molecule has 176 valence electrons. The van der Waals surface area contributed by atoms with Gasteiger partial charge in [-0.3, -0.25) is 4.98 Å². The summed E-state index contributed by atoms with van der Waals surface area (Å²) in [6.45, 7) is 7.92. The predicted octanol–water partition coefficient (Wildman–Crippen LogP) is 3.85. The second-order valence-electron chi connectivity index (χ2n) is 8.42. The van der Waals surface area contributed by atoms with Gasteiger partial charge >= 0.3 is 0 Å². The van der Waals surface area contributed by atoms with Crippen molar-refractivity contribution in [1.29, 1.82) is 0 Å². The van der Waals surface area contributed by atoms with E-state index in [0.717, 1.165) is 5.69 Å². The number of rotatable bonds is 6. The smallest absolute Gasteiger partial charge is 0.224 e. The molecule has 34 heavy (non-hydrogen) atoms. The molecule has 0 fully saturated rings. The van der Waals surface area contributed by atoms with E-state index >= 15 is 0 Å². The van der Waals surface area contributed by atoms with Crippen LogP contribution in [-0.4, -0.2) is 56.2 Å². The summed E-state index contributed by atoms with van der Waals surface area (Å²) in [5.41, 5.74) is 3.55. The van der Waals surface area contributed by atoms with Gasteiger partial charge in [0, 0.05) is 49.2 Å². The number of aromatic nitrogens is 5. The van der Waals surface area contributed by atoms with E-state index in [-0.39, 0.29) is 0 Å². The van der Waals surface area contributed by atoms with Gasteiger partial charge in [0.1, 0.15) is 0 Å². The molecular formula is C25H27ClN6O2. The second kappa shape index (κ2) is 8.70. The lowest BCUT2D eigenvalue weighted by Crippen LogP contribution is -2.32. The van der Waals surface area contributed by atoms with E-state index in [4.69, 9.17) is 16.3 Å². The van der Waals surface area contributed by atoms with Crippen molar-refractivity contribution in [2.45, 2.75) is 19.4 Å². The van der Waals surface area contributed by atoms with Gasteiger partial charge in [-0.05, 0) is 37.6 Å². The number of halogens is 1. The van der Waals surface area contributed by atoms with Crippen LogP contribution in [0.5, 0.6) is 5.88 Å². The molecule has 0 aliphatic carbocycles. The lowest BCUT2D eigenvalue weighted by molar-refractivity contribution is 0.115. The van der Waals surface area contributed by atoms with E-state index in [1.165, 1.54) is 0 Å². The molecule has 0 radical (unpaired) electrons. The SMILES string of the molecule is C=C(c1c(OC)nc2ccc(C(O)(c3ccc(C)nc3C)c3cnnn3C)cc2c1Cl)N(C)C. The first-order chi connectivity index (χ1) is 16.1. The summed E-state index contributed by atoms with van der Waals surface area (Å²) in [6, 6.07) is 9.21. The number of nitrogens with zero attached hydrogens (tertiary/aromatic N) is 6. The predicted molar refractivity (Wildman–Crippen MR) is 133 cm³/mol. The fraction of sp³-hybridized carbons (Fsp3) is 0.280. The molecule has 0 amide bonds. The number of benzene rings is 1. The Balaban J connectivity index is 2.05. The van der Waals surface area contributed by atoms with Crippen molar-refractivity contribution in [1.82, 2.24) is 29.9 Å². The topological polar surface area (TPSA) is 89.2 Å². The van der Waals surface area contributed by atoms with Crippen LogP contribution in [0.3, 0.4) is 0 Å². The van der Waals surface area contributed by atoms with E-state index < -0.39 is 5.60 Å². The van der Waals surface area contributed by atoms with Crippen LogP contribution in [0.2, 0.25) is 5.02 Å². The maximum Gasteiger partial charge on any atom is 0.224 e. The number of hydrogen-bond donors (Lipinski definition) is 1. The zero-order valence-electron chi connectivity index (χ0n) is 20.1. The molecular weight excluding hydrogens is 452 g/mol. The van der Waals surface area contributed by atoms with Crippen molar-refractivity contribution in [3.05, 3.63) is 81.9 Å². The van der Waals surface area contributed by atoms with Crippen molar-refractivity contribution in [2.24, 2.45) is 7.05 Å². The van der Waals surface area contributed by atoms with Gasteiger partial charge in [0.15, 0.2) is 5.60 Å². The van der Waals surface area contributed by atoms with E-state index in [1.54, 1.807) is 25.0 Å². The second-order valence-corrected chi connectivity index (χ2v) is 8.80. The highest BCUT2D eigenvalue weighted by Crippen LogP contribution is 2.42. The van der Waals surface area contributed by atoms with Gasteiger partial charge in [0.05, 0.1) is 35.1 Å². The first-order valence-electron chi connectivity index (χ1n) is 10.7. The van der Waals surface area contributed by atoms with E-state index in [9.17, 15) is 5.11 Å². The van der Waals surface area contributed by atoms with Crippen molar-refractivity contribution >= 4 is 28.2 Å². The van der Waals surface area contributed by atoms with Gasteiger partial charge < -0.3 is 14.7 Å². The van der Waals surface area contributed by atoms with E-state index in [1.807, 2.05) is 63.2 Å². The van der Waals surface area contributed by atoms with Crippen LogP contribution in [0.25, 0.3) is 16.6 Å². The van der Waals surface area contributed by atoms with Crippen LogP contribution in [0.4, 0.5) is 0 Å². The number of ether oxygens (including phenoxy) is 1. The average Bonchev–Trinajstić information content (AvgIpc) is 3.24. The highest BCUT2D eigenvalue weighted by molar-refractivity contribution is 6.37. The van der Waals surface area contributed by atoms with Gasteiger partial charge in [0.25, 0.3) is 0 Å². The van der Waals surface area contributed by atoms with Gasteiger partial charge in [-0.2, -0.15) is 0 Å². The Bertz CT molecular complexity index is 1410.